The Balaban J connectivity index is 1.38. The van der Waals surface area contributed by atoms with Crippen LogP contribution in [0.5, 0.6) is 5.88 Å². The van der Waals surface area contributed by atoms with Gasteiger partial charge in [0.2, 0.25) is 5.88 Å². The zero-order valence-corrected chi connectivity index (χ0v) is 26.3. The van der Waals surface area contributed by atoms with Crippen LogP contribution in [0, 0.1) is 22.7 Å². The van der Waals surface area contributed by atoms with Gasteiger partial charge in [-0.2, -0.15) is 10.5 Å². The van der Waals surface area contributed by atoms with E-state index in [9.17, 15) is 19.7 Å². The number of amides is 1. The molecule has 45 heavy (non-hydrogen) atoms. The van der Waals surface area contributed by atoms with Gasteiger partial charge in [-0.1, -0.05) is 12.6 Å². The minimum atomic E-state index is -1.03. The number of anilines is 3. The average Bonchev–Trinajstić information content (AvgIpc) is 3.46. The first-order chi connectivity index (χ1) is 21.8. The summed E-state index contributed by atoms with van der Waals surface area (Å²) in [6.45, 7) is 7.93. The molecule has 4 aliphatic rings. The zero-order chi connectivity index (χ0) is 31.7. The fourth-order valence-corrected chi connectivity index (χ4v) is 7.51. The van der Waals surface area contributed by atoms with Gasteiger partial charge >= 0.3 is 0 Å². The maximum Gasteiger partial charge on any atom is 0.282 e. The van der Waals surface area contributed by atoms with Crippen molar-refractivity contribution in [3.63, 3.8) is 0 Å². The third-order valence-electron chi connectivity index (χ3n) is 9.91. The molecule has 2 saturated heterocycles. The predicted molar refractivity (Wildman–Crippen MR) is 171 cm³/mol. The van der Waals surface area contributed by atoms with Gasteiger partial charge in [0.25, 0.3) is 5.91 Å². The minimum absolute atomic E-state index is 0.0450. The molecule has 0 unspecified atom stereocenters. The molecule has 0 N–H and O–H groups in total. The van der Waals surface area contributed by atoms with Gasteiger partial charge in [-0.15, -0.1) is 0 Å². The molecule has 2 aromatic rings. The van der Waals surface area contributed by atoms with E-state index in [4.69, 9.17) is 9.72 Å². The number of piperazine rings is 1. The van der Waals surface area contributed by atoms with Gasteiger partial charge in [-0.3, -0.25) is 4.79 Å². The van der Waals surface area contributed by atoms with Crippen LogP contribution >= 0.6 is 0 Å². The van der Waals surface area contributed by atoms with Crippen molar-refractivity contribution < 1.29 is 13.9 Å². The largest absolute Gasteiger partial charge is 0.475 e. The zero-order valence-electron chi connectivity index (χ0n) is 26.3. The number of hydrogen-bond acceptors (Lipinski definition) is 9. The van der Waals surface area contributed by atoms with Crippen LogP contribution in [0.3, 0.4) is 0 Å². The first-order valence-electron chi connectivity index (χ1n) is 15.9. The van der Waals surface area contributed by atoms with Crippen molar-refractivity contribution in [2.45, 2.75) is 57.2 Å². The molecule has 1 amide bonds. The van der Waals surface area contributed by atoms with Crippen LogP contribution in [-0.4, -0.2) is 92.7 Å². The van der Waals surface area contributed by atoms with Crippen molar-refractivity contribution in [2.24, 2.45) is 0 Å². The maximum atomic E-state index is 13.9. The van der Waals surface area contributed by atoms with Crippen molar-refractivity contribution in [1.29, 1.82) is 10.5 Å². The lowest BCUT2D eigenvalue weighted by Crippen LogP contribution is -2.55. The second-order valence-corrected chi connectivity index (χ2v) is 12.6. The number of fused-ring (bicyclic) bond motifs is 2. The Morgan fingerprint density at radius 2 is 1.87 bits per heavy atom. The van der Waals surface area contributed by atoms with E-state index < -0.39 is 17.8 Å². The number of nitrogens with zero attached hydrogens (tertiary/aromatic N) is 8. The van der Waals surface area contributed by atoms with E-state index in [1.807, 2.05) is 0 Å². The molecule has 10 nitrogen and oxygen atoms in total. The van der Waals surface area contributed by atoms with Crippen molar-refractivity contribution in [3.8, 4) is 18.0 Å². The highest BCUT2D eigenvalue weighted by Gasteiger charge is 2.36. The summed E-state index contributed by atoms with van der Waals surface area (Å²) < 4.78 is 20.3. The molecule has 1 aromatic heterocycles. The lowest BCUT2D eigenvalue weighted by molar-refractivity contribution is -0.131. The number of aromatic nitrogens is 1. The summed E-state index contributed by atoms with van der Waals surface area (Å²) in [7, 11) is 4.24. The predicted octanol–water partition coefficient (Wildman–Crippen LogP) is 3.79. The molecular weight excluding hydrogens is 571 g/mol. The number of ether oxygens (including phenoxy) is 1. The van der Waals surface area contributed by atoms with Crippen LogP contribution in [0.1, 0.15) is 48.1 Å². The Morgan fingerprint density at radius 1 is 1.04 bits per heavy atom. The summed E-state index contributed by atoms with van der Waals surface area (Å²) >= 11 is 0. The van der Waals surface area contributed by atoms with E-state index in [0.717, 1.165) is 62.3 Å². The highest BCUT2D eigenvalue weighted by Crippen LogP contribution is 2.41. The Hall–Kier alpha value is -4.35. The van der Waals surface area contributed by atoms with E-state index >= 15 is 0 Å². The molecule has 0 spiro atoms. The van der Waals surface area contributed by atoms with Crippen molar-refractivity contribution in [3.05, 3.63) is 53.0 Å². The third-order valence-corrected chi connectivity index (χ3v) is 9.91. The number of likely N-dealkylation sites (N-methyl/N-ethyl adjacent to an activating group) is 1. The molecule has 2 fully saturated rings. The van der Waals surface area contributed by atoms with E-state index in [1.54, 1.807) is 0 Å². The average molecular weight is 613 g/mol. The molecule has 0 radical (unpaired) electrons. The minimum Gasteiger partial charge on any atom is -0.475 e. The Labute approximate surface area is 264 Å². The summed E-state index contributed by atoms with van der Waals surface area (Å²) in [5, 5.41) is 20.1. The van der Waals surface area contributed by atoms with Crippen LogP contribution in [0.15, 0.2) is 30.6 Å². The number of benzene rings is 1. The number of pyridine rings is 1. The quantitative estimate of drug-likeness (QED) is 0.432. The summed E-state index contributed by atoms with van der Waals surface area (Å²) in [6, 6.07) is 10.8. The monoisotopic (exact) mass is 612 g/mol. The molecule has 4 aliphatic heterocycles. The Kier molecular flexibility index (Phi) is 8.82. The lowest BCUT2D eigenvalue weighted by Gasteiger charge is -2.43. The third kappa shape index (κ3) is 5.89. The molecule has 6 rings (SSSR count). The summed E-state index contributed by atoms with van der Waals surface area (Å²) in [4.78, 5) is 28.1. The summed E-state index contributed by atoms with van der Waals surface area (Å²) in [5.41, 5.74) is 6.88. The molecule has 0 saturated carbocycles. The standard InChI is InChI=1S/C34H41FN8O2/c1-23(35)34(44)43-18-17-42(20-24(43)11-13-36)32-26-12-16-41(31-10-4-9-30-27(31)8-6-15-40(30)3)21-29(26)38-33(28(32)19-37)45-22-25-7-5-14-39(25)2/h4,9-10,24-25H,1,5-8,11-12,14-18,20-22H2,2-3H3/t24-,25-/m0/s1. The van der Waals surface area contributed by atoms with E-state index in [-0.39, 0.29) is 19.0 Å². The second kappa shape index (κ2) is 12.9. The number of likely N-dealkylation sites (tertiary alicyclic amines) is 1. The summed E-state index contributed by atoms with van der Waals surface area (Å²) in [6.07, 6.45) is 5.01. The molecule has 5 heterocycles. The fourth-order valence-electron chi connectivity index (χ4n) is 7.51. The van der Waals surface area contributed by atoms with E-state index in [2.05, 4.69) is 70.6 Å². The molecule has 0 aliphatic carbocycles. The van der Waals surface area contributed by atoms with Gasteiger partial charge in [0.15, 0.2) is 5.83 Å². The normalized spacial score (nSPS) is 21.5. The van der Waals surface area contributed by atoms with Gasteiger partial charge in [0.05, 0.1) is 36.5 Å². The Morgan fingerprint density at radius 3 is 2.60 bits per heavy atom. The Bertz CT molecular complexity index is 1560. The number of halogens is 1. The van der Waals surface area contributed by atoms with E-state index in [1.165, 1.54) is 21.8 Å². The maximum absolute atomic E-state index is 13.9. The van der Waals surface area contributed by atoms with Crippen LogP contribution in [0.4, 0.5) is 21.5 Å². The second-order valence-electron chi connectivity index (χ2n) is 12.6. The molecule has 0 bridgehead atoms. The number of carbonyl (C=O) groups excluding carboxylic acids is 1. The molecular formula is C34H41FN8O2. The van der Waals surface area contributed by atoms with Crippen molar-refractivity contribution in [1.82, 2.24) is 14.8 Å². The number of hydrogen-bond donors (Lipinski definition) is 0. The topological polar surface area (TPSA) is 103 Å². The molecule has 11 heteroatoms. The summed E-state index contributed by atoms with van der Waals surface area (Å²) in [5.74, 6) is -1.49. The molecule has 1 aromatic carbocycles. The van der Waals surface area contributed by atoms with Gasteiger partial charge in [0.1, 0.15) is 18.2 Å². The first kappa shape index (κ1) is 30.7. The molecule has 236 valence electrons. The lowest BCUT2D eigenvalue weighted by atomic mass is 9.95. The van der Waals surface area contributed by atoms with E-state index in [0.29, 0.717) is 44.1 Å². The smallest absolute Gasteiger partial charge is 0.282 e. The van der Waals surface area contributed by atoms with Gasteiger partial charge < -0.3 is 29.2 Å². The molecule has 2 atom stereocenters. The van der Waals surface area contributed by atoms with Gasteiger partial charge in [-0.05, 0) is 63.4 Å². The van der Waals surface area contributed by atoms with Crippen LogP contribution in [-0.2, 0) is 24.2 Å². The highest BCUT2D eigenvalue weighted by molar-refractivity contribution is 5.91. The first-order valence-corrected chi connectivity index (χ1v) is 15.9. The van der Waals surface area contributed by atoms with Crippen molar-refractivity contribution >= 4 is 23.0 Å². The fraction of sp³-hybridized carbons (Fsp3) is 0.529. The SMILES string of the molecule is C=C(F)C(=O)N1CCN(c2c(C#N)c(OC[C@@H]3CCCN3C)nc3c2CCN(c2cccc4c2CCCN4C)C3)C[C@@H]1CC#N. The van der Waals surface area contributed by atoms with Crippen LogP contribution in [0.25, 0.3) is 0 Å². The number of nitriles is 2. The highest BCUT2D eigenvalue weighted by atomic mass is 19.1. The van der Waals surface area contributed by atoms with Gasteiger partial charge in [-0.25, -0.2) is 9.37 Å². The van der Waals surface area contributed by atoms with Crippen LogP contribution < -0.4 is 19.4 Å². The van der Waals surface area contributed by atoms with Gasteiger partial charge in [0, 0.05) is 62.8 Å². The number of rotatable bonds is 7. The van der Waals surface area contributed by atoms with Crippen molar-refractivity contribution in [2.75, 3.05) is 74.7 Å². The number of carbonyl (C=O) groups is 1. The van der Waals surface area contributed by atoms with Crippen LogP contribution in [0.2, 0.25) is 0 Å².